The highest BCUT2D eigenvalue weighted by Gasteiger charge is 2.25. The Morgan fingerprint density at radius 1 is 1.31 bits per heavy atom. The van der Waals surface area contributed by atoms with Crippen molar-refractivity contribution in [1.82, 2.24) is 25.3 Å². The SMILES string of the molecule is CN1CCNCC1c1noc(Cc2csc(-c3ccc(Cl)cc3)n2)n1.Cl. The van der Waals surface area contributed by atoms with E-state index in [1.807, 2.05) is 29.6 Å². The molecule has 6 nitrogen and oxygen atoms in total. The molecule has 0 amide bonds. The van der Waals surface area contributed by atoms with E-state index in [-0.39, 0.29) is 18.4 Å². The number of likely N-dealkylation sites (N-methyl/N-ethyl adjacent to an activating group) is 1. The summed E-state index contributed by atoms with van der Waals surface area (Å²) in [6.45, 7) is 2.81. The van der Waals surface area contributed by atoms with Gasteiger partial charge in [0.25, 0.3) is 0 Å². The van der Waals surface area contributed by atoms with E-state index >= 15 is 0 Å². The van der Waals surface area contributed by atoms with Gasteiger partial charge in [-0.1, -0.05) is 28.9 Å². The number of thiazole rings is 1. The van der Waals surface area contributed by atoms with Crippen LogP contribution in [0.15, 0.2) is 34.2 Å². The molecule has 2 aromatic heterocycles. The number of rotatable bonds is 4. The van der Waals surface area contributed by atoms with Gasteiger partial charge in [-0.15, -0.1) is 23.7 Å². The molecule has 1 aromatic carbocycles. The summed E-state index contributed by atoms with van der Waals surface area (Å²) < 4.78 is 5.43. The van der Waals surface area contributed by atoms with Gasteiger partial charge in [0, 0.05) is 35.6 Å². The number of hydrogen-bond donors (Lipinski definition) is 1. The van der Waals surface area contributed by atoms with E-state index in [0.717, 1.165) is 46.7 Å². The maximum absolute atomic E-state index is 5.94. The third kappa shape index (κ3) is 4.24. The molecule has 138 valence electrons. The Morgan fingerprint density at radius 3 is 2.88 bits per heavy atom. The van der Waals surface area contributed by atoms with Crippen molar-refractivity contribution in [3.05, 3.63) is 52.1 Å². The zero-order valence-corrected chi connectivity index (χ0v) is 16.6. The van der Waals surface area contributed by atoms with Crippen molar-refractivity contribution in [2.24, 2.45) is 0 Å². The molecule has 26 heavy (non-hydrogen) atoms. The van der Waals surface area contributed by atoms with E-state index < -0.39 is 0 Å². The molecule has 3 aromatic rings. The molecular weight excluding hydrogens is 393 g/mol. The van der Waals surface area contributed by atoms with Gasteiger partial charge in [-0.25, -0.2) is 4.98 Å². The summed E-state index contributed by atoms with van der Waals surface area (Å²) in [4.78, 5) is 11.5. The highest BCUT2D eigenvalue weighted by Crippen LogP contribution is 2.26. The first kappa shape index (κ1) is 19.3. The molecule has 1 unspecified atom stereocenters. The van der Waals surface area contributed by atoms with E-state index in [9.17, 15) is 0 Å². The zero-order chi connectivity index (χ0) is 17.2. The van der Waals surface area contributed by atoms with Crippen LogP contribution in [0.1, 0.15) is 23.5 Å². The molecule has 1 N–H and O–H groups in total. The van der Waals surface area contributed by atoms with Crippen LogP contribution in [0.2, 0.25) is 5.02 Å². The largest absolute Gasteiger partial charge is 0.339 e. The van der Waals surface area contributed by atoms with Crippen molar-refractivity contribution in [2.75, 3.05) is 26.7 Å². The number of piperazine rings is 1. The van der Waals surface area contributed by atoms with Gasteiger partial charge in [0.15, 0.2) is 5.82 Å². The van der Waals surface area contributed by atoms with Crippen LogP contribution in [0, 0.1) is 0 Å². The van der Waals surface area contributed by atoms with Crippen molar-refractivity contribution in [3.63, 3.8) is 0 Å². The van der Waals surface area contributed by atoms with Crippen LogP contribution in [0.3, 0.4) is 0 Å². The lowest BCUT2D eigenvalue weighted by molar-refractivity contribution is 0.190. The minimum absolute atomic E-state index is 0. The number of halogens is 2. The minimum Gasteiger partial charge on any atom is -0.339 e. The predicted octanol–water partition coefficient (Wildman–Crippen LogP) is 3.44. The third-order valence-electron chi connectivity index (χ3n) is 4.27. The van der Waals surface area contributed by atoms with Gasteiger partial charge in [-0.05, 0) is 19.2 Å². The van der Waals surface area contributed by atoms with Crippen molar-refractivity contribution < 1.29 is 4.52 Å². The molecule has 1 fully saturated rings. The maximum atomic E-state index is 5.94. The molecule has 1 aliphatic rings. The number of nitrogens with zero attached hydrogens (tertiary/aromatic N) is 4. The molecule has 0 aliphatic carbocycles. The zero-order valence-electron chi connectivity index (χ0n) is 14.2. The van der Waals surface area contributed by atoms with Gasteiger partial charge in [0.2, 0.25) is 5.89 Å². The highest BCUT2D eigenvalue weighted by molar-refractivity contribution is 7.13. The Balaban J connectivity index is 0.00000196. The van der Waals surface area contributed by atoms with Crippen LogP contribution < -0.4 is 5.32 Å². The number of hydrogen-bond acceptors (Lipinski definition) is 7. The van der Waals surface area contributed by atoms with E-state index in [2.05, 4.69) is 32.4 Å². The van der Waals surface area contributed by atoms with Crippen LogP contribution in [0.4, 0.5) is 0 Å². The van der Waals surface area contributed by atoms with E-state index in [0.29, 0.717) is 12.3 Å². The second-order valence-electron chi connectivity index (χ2n) is 6.07. The van der Waals surface area contributed by atoms with Crippen LogP contribution in [-0.4, -0.2) is 46.7 Å². The lowest BCUT2D eigenvalue weighted by atomic mass is 10.2. The molecule has 1 saturated heterocycles. The summed E-state index contributed by atoms with van der Waals surface area (Å²) in [7, 11) is 2.08. The molecule has 0 radical (unpaired) electrons. The number of aromatic nitrogens is 3. The Labute approximate surface area is 167 Å². The Hall–Kier alpha value is -1.51. The molecule has 1 aliphatic heterocycles. The maximum Gasteiger partial charge on any atom is 0.232 e. The molecule has 0 saturated carbocycles. The second kappa shape index (κ2) is 8.45. The van der Waals surface area contributed by atoms with Gasteiger partial charge in [-0.2, -0.15) is 4.98 Å². The van der Waals surface area contributed by atoms with Gasteiger partial charge in [-0.3, -0.25) is 4.90 Å². The van der Waals surface area contributed by atoms with E-state index in [1.54, 1.807) is 11.3 Å². The quantitative estimate of drug-likeness (QED) is 0.708. The fraction of sp³-hybridized carbons (Fsp3) is 0.353. The topological polar surface area (TPSA) is 67.1 Å². The normalized spacial score (nSPS) is 17.8. The van der Waals surface area contributed by atoms with Crippen LogP contribution in [0.25, 0.3) is 10.6 Å². The average Bonchev–Trinajstić information content (AvgIpc) is 3.26. The van der Waals surface area contributed by atoms with Gasteiger partial charge in [0.05, 0.1) is 18.2 Å². The van der Waals surface area contributed by atoms with Crippen molar-refractivity contribution in [2.45, 2.75) is 12.5 Å². The lowest BCUT2D eigenvalue weighted by Gasteiger charge is -2.30. The summed E-state index contributed by atoms with van der Waals surface area (Å²) >= 11 is 7.54. The summed E-state index contributed by atoms with van der Waals surface area (Å²) in [6.07, 6.45) is 0.543. The molecule has 0 spiro atoms. The van der Waals surface area contributed by atoms with Crippen molar-refractivity contribution >= 4 is 35.3 Å². The predicted molar refractivity (Wildman–Crippen MR) is 105 cm³/mol. The van der Waals surface area contributed by atoms with Gasteiger partial charge >= 0.3 is 0 Å². The van der Waals surface area contributed by atoms with Gasteiger partial charge < -0.3 is 9.84 Å². The van der Waals surface area contributed by atoms with Crippen LogP contribution >= 0.6 is 35.3 Å². The lowest BCUT2D eigenvalue weighted by Crippen LogP contribution is -2.44. The van der Waals surface area contributed by atoms with Crippen molar-refractivity contribution in [1.29, 1.82) is 0 Å². The monoisotopic (exact) mass is 411 g/mol. The average molecular weight is 412 g/mol. The fourth-order valence-electron chi connectivity index (χ4n) is 2.84. The summed E-state index contributed by atoms with van der Waals surface area (Å²) in [5, 5.41) is 11.2. The molecule has 0 bridgehead atoms. The van der Waals surface area contributed by atoms with Gasteiger partial charge in [0.1, 0.15) is 5.01 Å². The summed E-state index contributed by atoms with van der Waals surface area (Å²) in [5.74, 6) is 1.33. The molecular formula is C17H19Cl2N5OS. The first-order valence-corrected chi connectivity index (χ1v) is 9.38. The minimum atomic E-state index is 0. The Morgan fingerprint density at radius 2 is 2.12 bits per heavy atom. The number of nitrogens with one attached hydrogen (secondary N) is 1. The standard InChI is InChI=1S/C17H18ClN5OS.ClH/c1-23-7-6-19-9-14(23)16-21-15(24-22-16)8-13-10-25-17(20-13)11-2-4-12(18)5-3-11;/h2-5,10,14,19H,6-9H2,1H3;1H. The van der Waals surface area contributed by atoms with E-state index in [1.165, 1.54) is 0 Å². The highest BCUT2D eigenvalue weighted by atomic mass is 35.5. The van der Waals surface area contributed by atoms with Crippen LogP contribution in [0.5, 0.6) is 0 Å². The molecule has 4 rings (SSSR count). The first-order chi connectivity index (χ1) is 12.2. The Bertz CT molecular complexity index is 851. The third-order valence-corrected chi connectivity index (χ3v) is 5.46. The van der Waals surface area contributed by atoms with E-state index in [4.69, 9.17) is 16.1 Å². The van der Waals surface area contributed by atoms with Crippen LogP contribution in [-0.2, 0) is 6.42 Å². The molecule has 9 heteroatoms. The molecule has 1 atom stereocenters. The second-order valence-corrected chi connectivity index (χ2v) is 7.37. The Kier molecular flexibility index (Phi) is 6.26. The molecule has 3 heterocycles. The number of benzene rings is 1. The smallest absolute Gasteiger partial charge is 0.232 e. The fourth-order valence-corrected chi connectivity index (χ4v) is 3.79. The van der Waals surface area contributed by atoms with Crippen molar-refractivity contribution in [3.8, 4) is 10.6 Å². The summed E-state index contributed by atoms with van der Waals surface area (Å²) in [5.41, 5.74) is 1.99. The first-order valence-electron chi connectivity index (χ1n) is 8.13. The summed E-state index contributed by atoms with van der Waals surface area (Å²) in [6, 6.07) is 7.85.